The van der Waals surface area contributed by atoms with Gasteiger partial charge in [0.25, 0.3) is 0 Å². The van der Waals surface area contributed by atoms with Gasteiger partial charge in [-0.1, -0.05) is 17.3 Å². The van der Waals surface area contributed by atoms with E-state index in [0.717, 1.165) is 17.0 Å². The zero-order valence-corrected chi connectivity index (χ0v) is 17.3. The van der Waals surface area contributed by atoms with Gasteiger partial charge in [0.1, 0.15) is 18.4 Å². The molecule has 4 aromatic rings. The lowest BCUT2D eigenvalue weighted by molar-refractivity contribution is 0.216. The molecule has 8 nitrogen and oxygen atoms in total. The molecule has 0 aliphatic carbocycles. The molecule has 2 aromatic heterocycles. The summed E-state index contributed by atoms with van der Waals surface area (Å²) >= 11 is 0. The first-order valence-electron chi connectivity index (χ1n) is 9.85. The summed E-state index contributed by atoms with van der Waals surface area (Å²) in [5.41, 5.74) is 3.06. The van der Waals surface area contributed by atoms with Crippen LogP contribution in [0.25, 0.3) is 17.1 Å². The number of hydrogen-bond acceptors (Lipinski definition) is 7. The maximum Gasteiger partial charge on any atom is 0.241 e. The van der Waals surface area contributed by atoms with Crippen molar-refractivity contribution in [1.29, 1.82) is 0 Å². The zero-order valence-electron chi connectivity index (χ0n) is 17.3. The Morgan fingerprint density at radius 3 is 2.53 bits per heavy atom. The first-order chi connectivity index (χ1) is 14.6. The van der Waals surface area contributed by atoms with Gasteiger partial charge in [-0.15, -0.1) is 0 Å². The molecule has 0 aliphatic rings. The molecule has 0 fully saturated rings. The molecule has 0 N–H and O–H groups in total. The van der Waals surface area contributed by atoms with Crippen LogP contribution in [-0.2, 0) is 6.54 Å². The fourth-order valence-electron chi connectivity index (χ4n) is 3.16. The highest BCUT2D eigenvalue weighted by molar-refractivity contribution is 5.55. The molecule has 0 saturated heterocycles. The van der Waals surface area contributed by atoms with Gasteiger partial charge in [-0.25, -0.2) is 9.67 Å². The van der Waals surface area contributed by atoms with E-state index in [1.165, 1.54) is 11.9 Å². The van der Waals surface area contributed by atoms with E-state index in [4.69, 9.17) is 9.26 Å². The molecule has 0 amide bonds. The number of rotatable bonds is 8. The van der Waals surface area contributed by atoms with Gasteiger partial charge in [-0.3, -0.25) is 4.90 Å². The van der Waals surface area contributed by atoms with Crippen LogP contribution in [-0.4, -0.2) is 43.5 Å². The van der Waals surface area contributed by atoms with Gasteiger partial charge in [0.05, 0.1) is 18.8 Å². The van der Waals surface area contributed by atoms with Crippen LogP contribution in [0.5, 0.6) is 5.75 Å². The maximum absolute atomic E-state index is 5.47. The van der Waals surface area contributed by atoms with Crippen molar-refractivity contribution in [1.82, 2.24) is 29.8 Å². The summed E-state index contributed by atoms with van der Waals surface area (Å²) in [6.45, 7) is 5.30. The molecule has 1 unspecified atom stereocenters. The third-order valence-corrected chi connectivity index (χ3v) is 5.00. The van der Waals surface area contributed by atoms with Crippen molar-refractivity contribution in [3.05, 3.63) is 72.6 Å². The maximum atomic E-state index is 5.47. The number of hydrogen-bond donors (Lipinski definition) is 0. The second-order valence-electron chi connectivity index (χ2n) is 6.99. The summed E-state index contributed by atoms with van der Waals surface area (Å²) in [6, 6.07) is 16.1. The van der Waals surface area contributed by atoms with Gasteiger partial charge in [0, 0.05) is 11.6 Å². The van der Waals surface area contributed by atoms with Gasteiger partial charge in [0.2, 0.25) is 11.7 Å². The Hall–Kier alpha value is -3.52. The second kappa shape index (κ2) is 8.87. The van der Waals surface area contributed by atoms with Crippen molar-refractivity contribution in [2.75, 3.05) is 13.7 Å². The van der Waals surface area contributed by atoms with Gasteiger partial charge >= 0.3 is 0 Å². The summed E-state index contributed by atoms with van der Waals surface area (Å²) in [4.78, 5) is 10.7. The van der Waals surface area contributed by atoms with Crippen LogP contribution in [0, 0.1) is 0 Å². The Morgan fingerprint density at radius 2 is 1.87 bits per heavy atom. The van der Waals surface area contributed by atoms with Crippen LogP contribution < -0.4 is 4.74 Å². The van der Waals surface area contributed by atoms with Gasteiger partial charge in [-0.2, -0.15) is 10.1 Å². The van der Waals surface area contributed by atoms with Crippen molar-refractivity contribution in [3.63, 3.8) is 0 Å². The fraction of sp³-hybridized carbons (Fsp3) is 0.273. The highest BCUT2D eigenvalue weighted by Crippen LogP contribution is 2.23. The third kappa shape index (κ3) is 4.38. The quantitative estimate of drug-likeness (QED) is 0.440. The Labute approximate surface area is 175 Å². The highest BCUT2D eigenvalue weighted by atomic mass is 16.5. The average Bonchev–Trinajstić information content (AvgIpc) is 3.47. The van der Waals surface area contributed by atoms with Crippen LogP contribution in [0.4, 0.5) is 0 Å². The van der Waals surface area contributed by atoms with Crippen LogP contribution in [0.1, 0.15) is 31.3 Å². The number of nitrogens with zero attached hydrogens (tertiary/aromatic N) is 6. The Bertz CT molecular complexity index is 1060. The SMILES string of the molecule is CCOc1ccc(-c2noc(CN(C)C(C)c3ccc(-n4cncn4)cc3)n2)cc1. The highest BCUT2D eigenvalue weighted by Gasteiger charge is 2.16. The van der Waals surface area contributed by atoms with Crippen molar-refractivity contribution < 1.29 is 9.26 Å². The van der Waals surface area contributed by atoms with Gasteiger partial charge < -0.3 is 9.26 Å². The standard InChI is InChI=1S/C22H24N6O2/c1-4-29-20-11-7-18(8-12-20)22-25-21(30-26-22)13-27(3)16(2)17-5-9-19(10-6-17)28-15-23-14-24-28/h5-12,14-16H,4,13H2,1-3H3. The Morgan fingerprint density at radius 1 is 1.10 bits per heavy atom. The lowest BCUT2D eigenvalue weighted by Gasteiger charge is -2.23. The first-order valence-corrected chi connectivity index (χ1v) is 9.85. The minimum Gasteiger partial charge on any atom is -0.494 e. The molecule has 2 heterocycles. The molecule has 154 valence electrons. The summed E-state index contributed by atoms with van der Waals surface area (Å²) < 4.78 is 12.7. The molecule has 30 heavy (non-hydrogen) atoms. The lowest BCUT2D eigenvalue weighted by atomic mass is 10.1. The number of benzene rings is 2. The van der Waals surface area contributed by atoms with E-state index in [2.05, 4.69) is 44.2 Å². The summed E-state index contributed by atoms with van der Waals surface area (Å²) in [7, 11) is 2.04. The van der Waals surface area contributed by atoms with E-state index < -0.39 is 0 Å². The predicted octanol–water partition coefficient (Wildman–Crippen LogP) is 3.91. The smallest absolute Gasteiger partial charge is 0.241 e. The topological polar surface area (TPSA) is 82.1 Å². The molecule has 0 radical (unpaired) electrons. The second-order valence-corrected chi connectivity index (χ2v) is 6.99. The van der Waals surface area contributed by atoms with E-state index in [9.17, 15) is 0 Å². The molecule has 2 aromatic carbocycles. The van der Waals surface area contributed by atoms with E-state index >= 15 is 0 Å². The van der Waals surface area contributed by atoms with E-state index in [0.29, 0.717) is 24.9 Å². The Balaban J connectivity index is 1.40. The molecule has 0 aliphatic heterocycles. The van der Waals surface area contributed by atoms with Crippen molar-refractivity contribution in [2.45, 2.75) is 26.4 Å². The summed E-state index contributed by atoms with van der Waals surface area (Å²) in [6.07, 6.45) is 3.21. The van der Waals surface area contributed by atoms with E-state index in [1.807, 2.05) is 50.4 Å². The fourth-order valence-corrected chi connectivity index (χ4v) is 3.16. The first kappa shape index (κ1) is 19.8. The van der Waals surface area contributed by atoms with Crippen LogP contribution in [0.15, 0.2) is 65.7 Å². The van der Waals surface area contributed by atoms with Crippen molar-refractivity contribution in [2.24, 2.45) is 0 Å². The third-order valence-electron chi connectivity index (χ3n) is 5.00. The van der Waals surface area contributed by atoms with Crippen LogP contribution in [0.2, 0.25) is 0 Å². The monoisotopic (exact) mass is 404 g/mol. The predicted molar refractivity (Wildman–Crippen MR) is 112 cm³/mol. The normalized spacial score (nSPS) is 12.3. The zero-order chi connectivity index (χ0) is 20.9. The molecule has 8 heteroatoms. The minimum absolute atomic E-state index is 0.177. The number of aromatic nitrogens is 5. The van der Waals surface area contributed by atoms with Crippen molar-refractivity contribution in [3.8, 4) is 22.8 Å². The summed E-state index contributed by atoms with van der Waals surface area (Å²) in [5, 5.41) is 8.27. The molecule has 0 bridgehead atoms. The lowest BCUT2D eigenvalue weighted by Crippen LogP contribution is -2.22. The van der Waals surface area contributed by atoms with Crippen LogP contribution >= 0.6 is 0 Å². The van der Waals surface area contributed by atoms with Crippen LogP contribution in [0.3, 0.4) is 0 Å². The molecular weight excluding hydrogens is 380 g/mol. The summed E-state index contributed by atoms with van der Waals surface area (Å²) in [5.74, 6) is 1.98. The average molecular weight is 404 g/mol. The van der Waals surface area contributed by atoms with E-state index in [-0.39, 0.29) is 6.04 Å². The molecular formula is C22H24N6O2. The van der Waals surface area contributed by atoms with Gasteiger partial charge in [0.15, 0.2) is 0 Å². The Kier molecular flexibility index (Phi) is 5.85. The molecule has 1 atom stereocenters. The van der Waals surface area contributed by atoms with E-state index in [1.54, 1.807) is 11.0 Å². The molecule has 4 rings (SSSR count). The largest absolute Gasteiger partial charge is 0.494 e. The van der Waals surface area contributed by atoms with Crippen molar-refractivity contribution >= 4 is 0 Å². The molecule has 0 saturated carbocycles. The number of ether oxygens (including phenoxy) is 1. The minimum atomic E-state index is 0.177. The molecule has 0 spiro atoms. The van der Waals surface area contributed by atoms with Gasteiger partial charge in [-0.05, 0) is 62.9 Å².